The molecule has 3 aromatic rings. The average Bonchev–Trinajstić information content (AvgIpc) is 3.13. The minimum absolute atomic E-state index is 0.0384. The number of thiazole rings is 1. The van der Waals surface area contributed by atoms with Crippen molar-refractivity contribution in [3.05, 3.63) is 57.2 Å². The fraction of sp³-hybridized carbons (Fsp3) is 0.435. The highest BCUT2D eigenvalue weighted by Gasteiger charge is 2.12. The van der Waals surface area contributed by atoms with E-state index in [9.17, 15) is 15.0 Å². The Kier molecular flexibility index (Phi) is 8.30. The van der Waals surface area contributed by atoms with Crippen LogP contribution in [0, 0.1) is 0 Å². The van der Waals surface area contributed by atoms with Gasteiger partial charge in [0, 0.05) is 12.6 Å². The maximum absolute atomic E-state index is 11.6. The third kappa shape index (κ3) is 6.58. The van der Waals surface area contributed by atoms with Gasteiger partial charge in [0.15, 0.2) is 0 Å². The average molecular weight is 431 g/mol. The Bertz CT molecular complexity index is 981. The molecule has 1 atom stereocenters. The summed E-state index contributed by atoms with van der Waals surface area (Å²) in [6.07, 6.45) is 6.84. The standard InChI is InChI=1S/C23H30N2O4S/c24-18(15-17-8-11-20(27)21-22(17)30-23(28)25-21)5-3-1-2-4-13-29-14-12-16-6-9-19(26)10-7-16/h6-11,18,26-27H,1-5,12-15,24H2,(H,25,28). The Morgan fingerprint density at radius 1 is 1.00 bits per heavy atom. The number of ether oxygens (including phenoxy) is 1. The van der Waals surface area contributed by atoms with Crippen molar-refractivity contribution in [3.63, 3.8) is 0 Å². The largest absolute Gasteiger partial charge is 0.508 e. The molecule has 2 aromatic carbocycles. The molecule has 0 aliphatic carbocycles. The summed E-state index contributed by atoms with van der Waals surface area (Å²) in [5.74, 6) is 0.392. The quantitative estimate of drug-likeness (QED) is 0.324. The molecule has 5 N–H and O–H groups in total. The summed E-state index contributed by atoms with van der Waals surface area (Å²) in [5, 5.41) is 19.1. The SMILES string of the molecule is NC(CCCCCCOCCc1ccc(O)cc1)Cc1ccc(O)c2[nH]c(=O)sc12. The van der Waals surface area contributed by atoms with Crippen molar-refractivity contribution >= 4 is 21.6 Å². The summed E-state index contributed by atoms with van der Waals surface area (Å²) in [6.45, 7) is 1.46. The number of rotatable bonds is 12. The third-order valence-electron chi connectivity index (χ3n) is 5.21. The van der Waals surface area contributed by atoms with Gasteiger partial charge in [-0.1, -0.05) is 48.8 Å². The van der Waals surface area contributed by atoms with Gasteiger partial charge in [-0.2, -0.15) is 0 Å². The summed E-state index contributed by atoms with van der Waals surface area (Å²) >= 11 is 1.12. The summed E-state index contributed by atoms with van der Waals surface area (Å²) in [4.78, 5) is 14.1. The fourth-order valence-electron chi connectivity index (χ4n) is 3.54. The molecule has 0 spiro atoms. The first-order valence-corrected chi connectivity index (χ1v) is 11.3. The minimum Gasteiger partial charge on any atom is -0.508 e. The van der Waals surface area contributed by atoms with Crippen molar-refractivity contribution in [2.75, 3.05) is 13.2 Å². The van der Waals surface area contributed by atoms with Gasteiger partial charge < -0.3 is 25.7 Å². The maximum atomic E-state index is 11.6. The number of nitrogens with two attached hydrogens (primary N) is 1. The molecule has 1 aromatic heterocycles. The van der Waals surface area contributed by atoms with Crippen LogP contribution in [-0.4, -0.2) is 34.5 Å². The van der Waals surface area contributed by atoms with Crippen molar-refractivity contribution in [3.8, 4) is 11.5 Å². The Morgan fingerprint density at radius 3 is 2.57 bits per heavy atom. The first-order valence-electron chi connectivity index (χ1n) is 10.5. The molecule has 0 amide bonds. The van der Waals surface area contributed by atoms with Gasteiger partial charge >= 0.3 is 4.87 Å². The molecule has 0 aliphatic rings. The predicted octanol–water partition coefficient (Wildman–Crippen LogP) is 4.08. The van der Waals surface area contributed by atoms with E-state index in [1.165, 1.54) is 5.56 Å². The van der Waals surface area contributed by atoms with Crippen molar-refractivity contribution in [2.45, 2.75) is 51.0 Å². The van der Waals surface area contributed by atoms with Gasteiger partial charge in [0.1, 0.15) is 17.0 Å². The fourth-order valence-corrected chi connectivity index (χ4v) is 4.42. The second-order valence-corrected chi connectivity index (χ2v) is 8.64. The zero-order chi connectivity index (χ0) is 21.3. The van der Waals surface area contributed by atoms with Crippen LogP contribution >= 0.6 is 11.3 Å². The second-order valence-electron chi connectivity index (χ2n) is 7.66. The number of aromatic nitrogens is 1. The van der Waals surface area contributed by atoms with Gasteiger partial charge in [0.25, 0.3) is 0 Å². The highest BCUT2D eigenvalue weighted by Crippen LogP contribution is 2.28. The molecule has 6 nitrogen and oxygen atoms in total. The first kappa shape index (κ1) is 22.3. The molecular weight excluding hydrogens is 400 g/mol. The van der Waals surface area contributed by atoms with E-state index in [-0.39, 0.29) is 22.4 Å². The number of aromatic hydroxyl groups is 2. The second kappa shape index (κ2) is 11.2. The molecule has 0 aliphatic heterocycles. The monoisotopic (exact) mass is 430 g/mol. The van der Waals surface area contributed by atoms with E-state index in [4.69, 9.17) is 10.5 Å². The molecule has 0 bridgehead atoms. The lowest BCUT2D eigenvalue weighted by atomic mass is 10.0. The van der Waals surface area contributed by atoms with E-state index < -0.39 is 0 Å². The number of unbranched alkanes of at least 4 members (excludes halogenated alkanes) is 3. The number of phenols is 2. The van der Waals surface area contributed by atoms with Gasteiger partial charge in [-0.25, -0.2) is 0 Å². The number of benzene rings is 2. The van der Waals surface area contributed by atoms with Gasteiger partial charge in [-0.15, -0.1) is 0 Å². The molecule has 0 fully saturated rings. The van der Waals surface area contributed by atoms with Crippen molar-refractivity contribution < 1.29 is 14.9 Å². The molecule has 1 unspecified atom stereocenters. The molecule has 1 heterocycles. The molecule has 0 saturated heterocycles. The van der Waals surface area contributed by atoms with Crippen LogP contribution < -0.4 is 10.6 Å². The third-order valence-corrected chi connectivity index (χ3v) is 6.16. The Hall–Kier alpha value is -2.35. The number of phenolic OH excluding ortho intramolecular Hbond substituents is 2. The highest BCUT2D eigenvalue weighted by atomic mass is 32.1. The lowest BCUT2D eigenvalue weighted by Crippen LogP contribution is -2.22. The van der Waals surface area contributed by atoms with E-state index in [1.807, 2.05) is 18.2 Å². The molecule has 30 heavy (non-hydrogen) atoms. The lowest BCUT2D eigenvalue weighted by molar-refractivity contribution is 0.132. The number of hydrogen-bond donors (Lipinski definition) is 4. The lowest BCUT2D eigenvalue weighted by Gasteiger charge is -2.12. The smallest absolute Gasteiger partial charge is 0.305 e. The van der Waals surface area contributed by atoms with Crippen LogP contribution in [0.25, 0.3) is 10.2 Å². The van der Waals surface area contributed by atoms with Crippen molar-refractivity contribution in [1.29, 1.82) is 0 Å². The summed E-state index contributed by atoms with van der Waals surface area (Å²) in [7, 11) is 0. The minimum atomic E-state index is -0.161. The number of nitrogens with one attached hydrogen (secondary N) is 1. The number of aromatic amines is 1. The molecule has 162 valence electrons. The molecule has 3 rings (SSSR count). The number of H-pyrrole nitrogens is 1. The zero-order valence-corrected chi connectivity index (χ0v) is 17.9. The first-order chi connectivity index (χ1) is 14.5. The van der Waals surface area contributed by atoms with Crippen molar-refractivity contribution in [1.82, 2.24) is 4.98 Å². The normalized spacial score (nSPS) is 12.4. The van der Waals surface area contributed by atoms with E-state index in [2.05, 4.69) is 4.98 Å². The predicted molar refractivity (Wildman–Crippen MR) is 122 cm³/mol. The van der Waals surface area contributed by atoms with Crippen LogP contribution in [0.5, 0.6) is 11.5 Å². The van der Waals surface area contributed by atoms with Crippen molar-refractivity contribution in [2.24, 2.45) is 5.73 Å². The van der Waals surface area contributed by atoms with Crippen LogP contribution in [0.4, 0.5) is 0 Å². The number of hydrogen-bond acceptors (Lipinski definition) is 6. The van der Waals surface area contributed by atoms with E-state index in [0.29, 0.717) is 18.5 Å². The summed E-state index contributed by atoms with van der Waals surface area (Å²) < 4.78 is 6.50. The molecule has 7 heteroatoms. The Morgan fingerprint density at radius 2 is 1.77 bits per heavy atom. The van der Waals surface area contributed by atoms with E-state index >= 15 is 0 Å². The van der Waals surface area contributed by atoms with Crippen LogP contribution in [0.1, 0.15) is 43.2 Å². The molecule has 0 saturated carbocycles. The summed E-state index contributed by atoms with van der Waals surface area (Å²) in [5.41, 5.74) is 8.99. The van der Waals surface area contributed by atoms with Gasteiger partial charge in [0.05, 0.1) is 11.3 Å². The van der Waals surface area contributed by atoms with Crippen LogP contribution in [0.15, 0.2) is 41.2 Å². The molecular formula is C23H30N2O4S. The van der Waals surface area contributed by atoms with Crippen LogP contribution in [-0.2, 0) is 17.6 Å². The van der Waals surface area contributed by atoms with Gasteiger partial charge in [0.2, 0.25) is 0 Å². The van der Waals surface area contributed by atoms with Gasteiger partial charge in [-0.3, -0.25) is 4.79 Å². The number of fused-ring (bicyclic) bond motifs is 1. The van der Waals surface area contributed by atoms with E-state index in [1.54, 1.807) is 18.2 Å². The zero-order valence-electron chi connectivity index (χ0n) is 17.1. The molecule has 0 radical (unpaired) electrons. The highest BCUT2D eigenvalue weighted by molar-refractivity contribution is 7.16. The maximum Gasteiger partial charge on any atom is 0.305 e. The topological polar surface area (TPSA) is 109 Å². The van der Waals surface area contributed by atoms with E-state index in [0.717, 1.165) is 66.7 Å². The Labute approximate surface area is 180 Å². The van der Waals surface area contributed by atoms with Crippen LogP contribution in [0.3, 0.4) is 0 Å². The summed E-state index contributed by atoms with van der Waals surface area (Å²) in [6, 6.07) is 10.7. The van der Waals surface area contributed by atoms with Crippen LogP contribution in [0.2, 0.25) is 0 Å². The Balaban J connectivity index is 1.26. The van der Waals surface area contributed by atoms with Gasteiger partial charge in [-0.05, 0) is 55.0 Å².